The minimum Gasteiger partial charge on any atom is -0.491 e. The van der Waals surface area contributed by atoms with E-state index >= 15 is 0 Å². The molecule has 0 heterocycles. The number of aliphatic hydroxyl groups is 1. The molecule has 0 aliphatic heterocycles. The van der Waals surface area contributed by atoms with Crippen LogP contribution in [-0.4, -0.2) is 30.4 Å². The fourth-order valence-electron chi connectivity index (χ4n) is 2.74. The molecule has 0 aliphatic carbocycles. The molecule has 2 aromatic carbocycles. The van der Waals surface area contributed by atoms with Gasteiger partial charge in [0.2, 0.25) is 0 Å². The minimum absolute atomic E-state index is 0.261. The molecule has 0 amide bonds. The van der Waals surface area contributed by atoms with Crippen LogP contribution < -0.4 is 10.1 Å². The quantitative estimate of drug-likeness (QED) is 0.466. The molecule has 0 aromatic heterocycles. The highest BCUT2D eigenvalue weighted by Crippen LogP contribution is 2.21. The number of nitrogens with one attached hydrogen (secondary N) is 1. The molecule has 0 bridgehead atoms. The van der Waals surface area contributed by atoms with E-state index in [-0.39, 0.29) is 6.61 Å². The number of benzene rings is 2. The lowest BCUT2D eigenvalue weighted by Crippen LogP contribution is -2.36. The number of azo groups is 1. The summed E-state index contributed by atoms with van der Waals surface area (Å²) < 4.78 is 5.67. The van der Waals surface area contributed by atoms with Gasteiger partial charge in [-0.3, -0.25) is 0 Å². The average molecular weight is 384 g/mol. The Balaban J connectivity index is 1.67. The Morgan fingerprint density at radius 2 is 1.54 bits per heavy atom. The number of ether oxygens (including phenoxy) is 1. The molecule has 0 radical (unpaired) electrons. The van der Waals surface area contributed by atoms with E-state index < -0.39 is 6.10 Å². The third-order valence-corrected chi connectivity index (χ3v) is 4.44. The molecular weight excluding hydrogens is 350 g/mol. The van der Waals surface area contributed by atoms with E-state index in [1.54, 1.807) is 0 Å². The average Bonchev–Trinajstić information content (AvgIpc) is 2.70. The summed E-state index contributed by atoms with van der Waals surface area (Å²) in [6, 6.07) is 17.4. The zero-order chi connectivity index (χ0) is 20.2. The Bertz CT molecular complexity index is 687. The van der Waals surface area contributed by atoms with Crippen molar-refractivity contribution in [1.29, 1.82) is 0 Å². The van der Waals surface area contributed by atoms with Gasteiger partial charge >= 0.3 is 0 Å². The van der Waals surface area contributed by atoms with Gasteiger partial charge in [-0.15, -0.1) is 0 Å². The molecule has 0 saturated carbocycles. The molecule has 0 aliphatic rings. The first-order chi connectivity index (χ1) is 13.5. The highest BCUT2D eigenvalue weighted by Gasteiger charge is 2.08. The van der Waals surface area contributed by atoms with E-state index in [1.807, 2.05) is 54.6 Å². The van der Waals surface area contributed by atoms with E-state index in [0.29, 0.717) is 18.3 Å². The first-order valence-corrected chi connectivity index (χ1v) is 10.1. The Morgan fingerprint density at radius 1 is 0.893 bits per heavy atom. The van der Waals surface area contributed by atoms with Gasteiger partial charge in [0.1, 0.15) is 18.5 Å². The SMILES string of the molecule is CC(C)CCCC(C)NCC(O)COc1ccc(N=Nc2ccccc2)cc1. The molecule has 0 saturated heterocycles. The third-order valence-electron chi connectivity index (χ3n) is 4.44. The van der Waals surface area contributed by atoms with Crippen LogP contribution >= 0.6 is 0 Å². The van der Waals surface area contributed by atoms with Crippen molar-refractivity contribution in [2.45, 2.75) is 52.2 Å². The topological polar surface area (TPSA) is 66.2 Å². The van der Waals surface area contributed by atoms with Gasteiger partial charge in [0.05, 0.1) is 11.4 Å². The molecule has 0 fully saturated rings. The lowest BCUT2D eigenvalue weighted by Gasteiger charge is -2.18. The van der Waals surface area contributed by atoms with Crippen LogP contribution in [-0.2, 0) is 0 Å². The summed E-state index contributed by atoms with van der Waals surface area (Å²) in [5.74, 6) is 1.46. The van der Waals surface area contributed by atoms with Crippen LogP contribution in [0.25, 0.3) is 0 Å². The first kappa shape index (κ1) is 22.1. The lowest BCUT2D eigenvalue weighted by molar-refractivity contribution is 0.104. The van der Waals surface area contributed by atoms with E-state index in [9.17, 15) is 5.11 Å². The van der Waals surface area contributed by atoms with Crippen molar-refractivity contribution in [2.24, 2.45) is 16.1 Å². The van der Waals surface area contributed by atoms with Crippen LogP contribution in [0.3, 0.4) is 0 Å². The number of aliphatic hydroxyl groups excluding tert-OH is 1. The van der Waals surface area contributed by atoms with Crippen LogP contribution in [0.2, 0.25) is 0 Å². The minimum atomic E-state index is -0.537. The number of hydrogen-bond donors (Lipinski definition) is 2. The standard InChI is InChI=1S/C23H33N3O2/c1-18(2)8-7-9-19(3)24-16-22(27)17-28-23-14-12-21(13-15-23)26-25-20-10-5-4-6-11-20/h4-6,10-15,18-19,22,24,27H,7-9,16-17H2,1-3H3. The molecular formula is C23H33N3O2. The Kier molecular flexibility index (Phi) is 9.66. The maximum Gasteiger partial charge on any atom is 0.119 e. The van der Waals surface area contributed by atoms with E-state index in [2.05, 4.69) is 36.3 Å². The van der Waals surface area contributed by atoms with Gasteiger partial charge in [0, 0.05) is 12.6 Å². The molecule has 2 N–H and O–H groups in total. The number of hydrogen-bond acceptors (Lipinski definition) is 5. The summed E-state index contributed by atoms with van der Waals surface area (Å²) in [4.78, 5) is 0. The summed E-state index contributed by atoms with van der Waals surface area (Å²) >= 11 is 0. The maximum absolute atomic E-state index is 10.1. The van der Waals surface area contributed by atoms with Crippen molar-refractivity contribution < 1.29 is 9.84 Å². The van der Waals surface area contributed by atoms with E-state index in [0.717, 1.165) is 23.7 Å². The molecule has 2 unspecified atom stereocenters. The molecule has 0 spiro atoms. The highest BCUT2D eigenvalue weighted by atomic mass is 16.5. The first-order valence-electron chi connectivity index (χ1n) is 10.1. The monoisotopic (exact) mass is 383 g/mol. The van der Waals surface area contributed by atoms with Crippen LogP contribution in [0.1, 0.15) is 40.0 Å². The van der Waals surface area contributed by atoms with Crippen molar-refractivity contribution in [1.82, 2.24) is 5.32 Å². The largest absolute Gasteiger partial charge is 0.491 e. The zero-order valence-corrected chi connectivity index (χ0v) is 17.2. The van der Waals surface area contributed by atoms with Gasteiger partial charge in [0.25, 0.3) is 0 Å². The van der Waals surface area contributed by atoms with Crippen molar-refractivity contribution in [3.63, 3.8) is 0 Å². The summed E-state index contributed by atoms with van der Waals surface area (Å²) in [7, 11) is 0. The molecule has 5 heteroatoms. The Morgan fingerprint density at radius 3 is 2.18 bits per heavy atom. The van der Waals surface area contributed by atoms with Crippen LogP contribution in [0.15, 0.2) is 64.8 Å². The molecule has 2 aromatic rings. The summed E-state index contributed by atoms with van der Waals surface area (Å²) in [5.41, 5.74) is 1.57. The molecule has 152 valence electrons. The van der Waals surface area contributed by atoms with Crippen molar-refractivity contribution in [3.05, 3.63) is 54.6 Å². The second-order valence-corrected chi connectivity index (χ2v) is 7.63. The fraction of sp³-hybridized carbons (Fsp3) is 0.478. The molecule has 2 rings (SSSR count). The van der Waals surface area contributed by atoms with Gasteiger partial charge in [0.15, 0.2) is 0 Å². The highest BCUT2D eigenvalue weighted by molar-refractivity contribution is 5.42. The predicted molar refractivity (Wildman–Crippen MR) is 115 cm³/mol. The lowest BCUT2D eigenvalue weighted by atomic mass is 10.0. The predicted octanol–water partition coefficient (Wildman–Crippen LogP) is 5.65. The molecule has 5 nitrogen and oxygen atoms in total. The Labute approximate surface area is 168 Å². The maximum atomic E-state index is 10.1. The van der Waals surface area contributed by atoms with Gasteiger partial charge in [-0.2, -0.15) is 10.2 Å². The van der Waals surface area contributed by atoms with Crippen LogP contribution in [0, 0.1) is 5.92 Å². The summed E-state index contributed by atoms with van der Waals surface area (Å²) in [5, 5.41) is 21.9. The second-order valence-electron chi connectivity index (χ2n) is 7.63. The third kappa shape index (κ3) is 9.11. The van der Waals surface area contributed by atoms with Gasteiger partial charge in [-0.05, 0) is 55.7 Å². The van der Waals surface area contributed by atoms with Gasteiger partial charge in [-0.25, -0.2) is 0 Å². The number of rotatable bonds is 12. The van der Waals surface area contributed by atoms with Crippen LogP contribution in [0.4, 0.5) is 11.4 Å². The second kappa shape index (κ2) is 12.3. The molecule has 28 heavy (non-hydrogen) atoms. The number of nitrogens with zero attached hydrogens (tertiary/aromatic N) is 2. The summed E-state index contributed by atoms with van der Waals surface area (Å²) in [6.07, 6.45) is 3.06. The van der Waals surface area contributed by atoms with Crippen molar-refractivity contribution in [2.75, 3.05) is 13.2 Å². The Hall–Kier alpha value is -2.24. The zero-order valence-electron chi connectivity index (χ0n) is 17.2. The van der Waals surface area contributed by atoms with E-state index in [4.69, 9.17) is 4.74 Å². The van der Waals surface area contributed by atoms with Crippen molar-refractivity contribution >= 4 is 11.4 Å². The fourth-order valence-corrected chi connectivity index (χ4v) is 2.74. The van der Waals surface area contributed by atoms with E-state index in [1.165, 1.54) is 12.8 Å². The van der Waals surface area contributed by atoms with Crippen LogP contribution in [0.5, 0.6) is 5.75 Å². The molecule has 2 atom stereocenters. The normalized spacial score (nSPS) is 13.8. The van der Waals surface area contributed by atoms with Gasteiger partial charge < -0.3 is 15.2 Å². The van der Waals surface area contributed by atoms with Gasteiger partial charge in [-0.1, -0.05) is 44.9 Å². The van der Waals surface area contributed by atoms with Crippen molar-refractivity contribution in [3.8, 4) is 5.75 Å². The smallest absolute Gasteiger partial charge is 0.119 e. The summed E-state index contributed by atoms with van der Waals surface area (Å²) in [6.45, 7) is 7.45.